The molecule has 84 valence electrons. The Morgan fingerprint density at radius 2 is 1.93 bits per heavy atom. The highest BCUT2D eigenvalue weighted by atomic mass is 35.5. The second-order valence-electron chi connectivity index (χ2n) is 3.67. The normalized spacial score (nSPS) is 12.6. The zero-order valence-electron chi connectivity index (χ0n) is 9.73. The van der Waals surface area contributed by atoms with Gasteiger partial charge in [-0.2, -0.15) is 0 Å². The molecule has 0 aliphatic carbocycles. The average molecular weight is 228 g/mol. The first-order chi connectivity index (χ1) is 7.13. The van der Waals surface area contributed by atoms with Crippen molar-refractivity contribution >= 4 is 11.6 Å². The van der Waals surface area contributed by atoms with Crippen molar-refractivity contribution in [3.8, 4) is 5.75 Å². The molecule has 3 heteroatoms. The van der Waals surface area contributed by atoms with Crippen molar-refractivity contribution in [3.05, 3.63) is 28.8 Å². The van der Waals surface area contributed by atoms with Gasteiger partial charge < -0.3 is 10.1 Å². The smallest absolute Gasteiger partial charge is 0.123 e. The Morgan fingerprint density at radius 3 is 2.40 bits per heavy atom. The molecule has 0 aliphatic heterocycles. The topological polar surface area (TPSA) is 21.3 Å². The minimum absolute atomic E-state index is 0.140. The van der Waals surface area contributed by atoms with Gasteiger partial charge in [-0.25, -0.2) is 0 Å². The Bertz CT molecular complexity index is 335. The van der Waals surface area contributed by atoms with E-state index < -0.39 is 0 Å². The summed E-state index contributed by atoms with van der Waals surface area (Å²) < 4.78 is 5.37. The fourth-order valence-corrected chi connectivity index (χ4v) is 1.90. The molecule has 0 spiro atoms. The molecule has 0 bridgehead atoms. The fraction of sp³-hybridized carbons (Fsp3) is 0.500. The summed E-state index contributed by atoms with van der Waals surface area (Å²) >= 11 is 5.91. The molecule has 0 saturated heterocycles. The van der Waals surface area contributed by atoms with Crippen molar-refractivity contribution in [2.45, 2.75) is 19.9 Å². The standard InChI is InChI=1S/C12H18ClNO/c1-8-5-10(11(7-13)14-3)12(15-4)6-9(8)2/h5-6,11,14H,7H2,1-4H3. The molecule has 0 saturated carbocycles. The number of methoxy groups -OCH3 is 1. The number of aryl methyl sites for hydroxylation is 2. The first kappa shape index (κ1) is 12.3. The number of hydrogen-bond acceptors (Lipinski definition) is 2. The monoisotopic (exact) mass is 227 g/mol. The third-order valence-electron chi connectivity index (χ3n) is 2.72. The molecule has 1 aromatic carbocycles. The number of rotatable bonds is 4. The molecule has 0 heterocycles. The van der Waals surface area contributed by atoms with Crippen LogP contribution in [0.15, 0.2) is 12.1 Å². The quantitative estimate of drug-likeness (QED) is 0.799. The van der Waals surface area contributed by atoms with Crippen LogP contribution in [0.4, 0.5) is 0 Å². The number of halogens is 1. The molecule has 0 aromatic heterocycles. The van der Waals surface area contributed by atoms with E-state index >= 15 is 0 Å². The summed E-state index contributed by atoms with van der Waals surface area (Å²) in [6, 6.07) is 4.33. The van der Waals surface area contributed by atoms with E-state index in [1.54, 1.807) is 7.11 Å². The van der Waals surface area contributed by atoms with Crippen molar-refractivity contribution in [2.24, 2.45) is 0 Å². The maximum atomic E-state index is 5.91. The van der Waals surface area contributed by atoms with Crippen LogP contribution in [0.5, 0.6) is 5.75 Å². The highest BCUT2D eigenvalue weighted by molar-refractivity contribution is 6.18. The molecule has 0 radical (unpaired) electrons. The van der Waals surface area contributed by atoms with Gasteiger partial charge in [-0.3, -0.25) is 0 Å². The molecular formula is C12H18ClNO. The lowest BCUT2D eigenvalue weighted by Gasteiger charge is -2.18. The number of nitrogens with one attached hydrogen (secondary N) is 1. The van der Waals surface area contributed by atoms with Crippen molar-refractivity contribution < 1.29 is 4.74 Å². The number of ether oxygens (including phenoxy) is 1. The van der Waals surface area contributed by atoms with E-state index in [9.17, 15) is 0 Å². The molecule has 2 nitrogen and oxygen atoms in total. The van der Waals surface area contributed by atoms with E-state index in [1.165, 1.54) is 11.1 Å². The molecule has 1 atom stereocenters. The van der Waals surface area contributed by atoms with E-state index in [-0.39, 0.29) is 6.04 Å². The molecule has 1 rings (SSSR count). The lowest BCUT2D eigenvalue weighted by Crippen LogP contribution is -2.18. The summed E-state index contributed by atoms with van der Waals surface area (Å²) in [5, 5.41) is 3.18. The van der Waals surface area contributed by atoms with Gasteiger partial charge in [0.1, 0.15) is 5.75 Å². The van der Waals surface area contributed by atoms with Gasteiger partial charge in [-0.15, -0.1) is 11.6 Å². The van der Waals surface area contributed by atoms with Crippen molar-refractivity contribution in [3.63, 3.8) is 0 Å². The van der Waals surface area contributed by atoms with Crippen LogP contribution < -0.4 is 10.1 Å². The lowest BCUT2D eigenvalue weighted by atomic mass is 10.0. The van der Waals surface area contributed by atoms with E-state index in [1.807, 2.05) is 7.05 Å². The summed E-state index contributed by atoms with van der Waals surface area (Å²) in [5.74, 6) is 1.44. The zero-order valence-corrected chi connectivity index (χ0v) is 10.5. The maximum Gasteiger partial charge on any atom is 0.123 e. The largest absolute Gasteiger partial charge is 0.496 e. The highest BCUT2D eigenvalue weighted by Crippen LogP contribution is 2.28. The highest BCUT2D eigenvalue weighted by Gasteiger charge is 2.14. The van der Waals surface area contributed by atoms with Gasteiger partial charge in [0, 0.05) is 17.5 Å². The number of alkyl halides is 1. The predicted octanol–water partition coefficient (Wildman–Crippen LogP) is 2.81. The van der Waals surface area contributed by atoms with Gasteiger partial charge in [0.05, 0.1) is 7.11 Å². The van der Waals surface area contributed by atoms with E-state index in [2.05, 4.69) is 31.3 Å². The average Bonchev–Trinajstić information content (AvgIpc) is 2.24. The summed E-state index contributed by atoms with van der Waals surface area (Å²) in [7, 11) is 3.59. The third-order valence-corrected chi connectivity index (χ3v) is 3.03. The van der Waals surface area contributed by atoms with Gasteiger partial charge >= 0.3 is 0 Å². The molecule has 1 aromatic rings. The fourth-order valence-electron chi connectivity index (χ4n) is 1.58. The molecule has 15 heavy (non-hydrogen) atoms. The van der Waals surface area contributed by atoms with Gasteiger partial charge in [0.25, 0.3) is 0 Å². The van der Waals surface area contributed by atoms with Crippen molar-refractivity contribution in [2.75, 3.05) is 20.0 Å². The Balaban J connectivity index is 3.20. The van der Waals surface area contributed by atoms with Crippen LogP contribution in [-0.2, 0) is 0 Å². The first-order valence-corrected chi connectivity index (χ1v) is 5.55. The Morgan fingerprint density at radius 1 is 1.33 bits per heavy atom. The second-order valence-corrected chi connectivity index (χ2v) is 3.98. The van der Waals surface area contributed by atoms with Crippen LogP contribution in [0.25, 0.3) is 0 Å². The van der Waals surface area contributed by atoms with Crippen molar-refractivity contribution in [1.29, 1.82) is 0 Å². The van der Waals surface area contributed by atoms with Gasteiger partial charge in [0.15, 0.2) is 0 Å². The number of benzene rings is 1. The second kappa shape index (κ2) is 5.38. The lowest BCUT2D eigenvalue weighted by molar-refractivity contribution is 0.403. The van der Waals surface area contributed by atoms with E-state index in [4.69, 9.17) is 16.3 Å². The number of hydrogen-bond donors (Lipinski definition) is 1. The molecule has 1 N–H and O–H groups in total. The minimum atomic E-state index is 0.140. The summed E-state index contributed by atoms with van der Waals surface area (Å²) in [6.07, 6.45) is 0. The Hall–Kier alpha value is -0.730. The van der Waals surface area contributed by atoms with Crippen LogP contribution >= 0.6 is 11.6 Å². The SMILES string of the molecule is CNC(CCl)c1cc(C)c(C)cc1OC. The van der Waals surface area contributed by atoms with E-state index in [0.29, 0.717) is 5.88 Å². The molecule has 0 aliphatic rings. The minimum Gasteiger partial charge on any atom is -0.496 e. The van der Waals surface area contributed by atoms with Crippen LogP contribution in [0.2, 0.25) is 0 Å². The summed E-state index contributed by atoms with van der Waals surface area (Å²) in [5.41, 5.74) is 3.62. The molecule has 0 amide bonds. The third kappa shape index (κ3) is 2.64. The van der Waals surface area contributed by atoms with Gasteiger partial charge in [-0.05, 0) is 38.1 Å². The molecular weight excluding hydrogens is 210 g/mol. The summed E-state index contributed by atoms with van der Waals surface area (Å²) in [6.45, 7) is 4.18. The summed E-state index contributed by atoms with van der Waals surface area (Å²) in [4.78, 5) is 0. The predicted molar refractivity (Wildman–Crippen MR) is 65.0 cm³/mol. The van der Waals surface area contributed by atoms with Crippen molar-refractivity contribution in [1.82, 2.24) is 5.32 Å². The zero-order chi connectivity index (χ0) is 11.4. The van der Waals surface area contributed by atoms with Gasteiger partial charge in [0.2, 0.25) is 0 Å². The van der Waals surface area contributed by atoms with Crippen LogP contribution in [0.3, 0.4) is 0 Å². The first-order valence-electron chi connectivity index (χ1n) is 5.02. The molecule has 1 unspecified atom stereocenters. The van der Waals surface area contributed by atoms with Crippen LogP contribution in [0.1, 0.15) is 22.7 Å². The van der Waals surface area contributed by atoms with Gasteiger partial charge in [-0.1, -0.05) is 6.07 Å². The van der Waals surface area contributed by atoms with Crippen LogP contribution in [-0.4, -0.2) is 20.0 Å². The van der Waals surface area contributed by atoms with Crippen LogP contribution in [0, 0.1) is 13.8 Å². The van der Waals surface area contributed by atoms with E-state index in [0.717, 1.165) is 11.3 Å². The Kier molecular flexibility index (Phi) is 4.43. The maximum absolute atomic E-state index is 5.91. The Labute approximate surface area is 96.6 Å². The molecule has 0 fully saturated rings.